The number of hydrogen-bond acceptors (Lipinski definition) is 6. The second-order valence-electron chi connectivity index (χ2n) is 8.87. The van der Waals surface area contributed by atoms with Gasteiger partial charge in [0.15, 0.2) is 6.10 Å². The van der Waals surface area contributed by atoms with Crippen LogP contribution in [0.5, 0.6) is 0 Å². The van der Waals surface area contributed by atoms with Gasteiger partial charge < -0.3 is 9.74 Å². The molecule has 2 aliphatic heterocycles. The van der Waals surface area contributed by atoms with Crippen LogP contribution in [0.2, 0.25) is 0 Å². The minimum atomic E-state index is -3.02. The van der Waals surface area contributed by atoms with Gasteiger partial charge >= 0.3 is 0 Å². The summed E-state index contributed by atoms with van der Waals surface area (Å²) in [6.45, 7) is 0.249. The molecule has 1 amide bonds. The molecule has 0 saturated carbocycles. The van der Waals surface area contributed by atoms with Crippen molar-refractivity contribution in [3.63, 3.8) is 0 Å². The number of halogens is 5. The topological polar surface area (TPSA) is 72.6 Å². The standard InChI is InChI=1S/C24H22F5N5O2S/c25-15-3-1-2-14(8-15)20-10-16(32-36-20)18-12-37-24(30-18)13-4-6-33(7-5-13)21(35)11-34-19(23(28)29)9-17(31-34)22(26)27/h1-3,8-9,12-13,20,22-23H,4-7,10-11H2. The Morgan fingerprint density at radius 3 is 2.62 bits per heavy atom. The Labute approximate surface area is 212 Å². The van der Waals surface area contributed by atoms with Crippen molar-refractivity contribution in [3.8, 4) is 0 Å². The predicted octanol–water partition coefficient (Wildman–Crippen LogP) is 5.63. The number of rotatable bonds is 7. The Bertz CT molecular complexity index is 1300. The lowest BCUT2D eigenvalue weighted by atomic mass is 9.97. The monoisotopic (exact) mass is 539 g/mol. The van der Waals surface area contributed by atoms with Gasteiger partial charge in [-0.1, -0.05) is 17.3 Å². The Kier molecular flexibility index (Phi) is 7.22. The second kappa shape index (κ2) is 10.6. The number of carbonyl (C=O) groups excluding carboxylic acids is 1. The van der Waals surface area contributed by atoms with E-state index in [-0.39, 0.29) is 17.8 Å². The van der Waals surface area contributed by atoms with Crippen LogP contribution in [0.1, 0.15) is 71.8 Å². The zero-order valence-electron chi connectivity index (χ0n) is 19.4. The third-order valence-corrected chi connectivity index (χ3v) is 7.47. The highest BCUT2D eigenvalue weighted by Crippen LogP contribution is 2.34. The van der Waals surface area contributed by atoms with Crippen LogP contribution in [-0.2, 0) is 16.2 Å². The lowest BCUT2D eigenvalue weighted by Gasteiger charge is -2.31. The van der Waals surface area contributed by atoms with E-state index in [0.29, 0.717) is 60.1 Å². The van der Waals surface area contributed by atoms with E-state index < -0.39 is 36.7 Å². The van der Waals surface area contributed by atoms with E-state index in [0.717, 1.165) is 5.01 Å². The Morgan fingerprint density at radius 2 is 1.92 bits per heavy atom. The molecular weight excluding hydrogens is 517 g/mol. The molecule has 2 aromatic heterocycles. The molecule has 0 spiro atoms. The fourth-order valence-electron chi connectivity index (χ4n) is 4.49. The molecule has 0 N–H and O–H groups in total. The van der Waals surface area contributed by atoms with Crippen molar-refractivity contribution in [1.82, 2.24) is 19.7 Å². The summed E-state index contributed by atoms with van der Waals surface area (Å²) in [5.41, 5.74) is 0.604. The number of oxime groups is 1. The first kappa shape index (κ1) is 25.3. The second-order valence-corrected chi connectivity index (χ2v) is 9.76. The highest BCUT2D eigenvalue weighted by Gasteiger charge is 2.30. The number of thiazole rings is 1. The minimum Gasteiger partial charge on any atom is -0.387 e. The van der Waals surface area contributed by atoms with Crippen molar-refractivity contribution in [1.29, 1.82) is 0 Å². The highest BCUT2D eigenvalue weighted by atomic mass is 32.1. The van der Waals surface area contributed by atoms with Gasteiger partial charge in [-0.25, -0.2) is 26.9 Å². The zero-order valence-corrected chi connectivity index (χ0v) is 20.2. The SMILES string of the molecule is O=C(Cn1nc(C(F)F)cc1C(F)F)N1CCC(c2nc(C3=NOC(c4cccc(F)c4)C3)cs2)CC1. The number of hydrogen-bond donors (Lipinski definition) is 0. The van der Waals surface area contributed by atoms with Crippen molar-refractivity contribution in [2.45, 2.75) is 50.7 Å². The minimum absolute atomic E-state index is 0.108. The van der Waals surface area contributed by atoms with Gasteiger partial charge in [0, 0.05) is 30.8 Å². The third-order valence-electron chi connectivity index (χ3n) is 6.47. The fraction of sp³-hybridized carbons (Fsp3) is 0.417. The third kappa shape index (κ3) is 5.50. The van der Waals surface area contributed by atoms with Crippen LogP contribution in [0.3, 0.4) is 0 Å². The van der Waals surface area contributed by atoms with Gasteiger partial charge in [0.1, 0.15) is 29.5 Å². The first-order chi connectivity index (χ1) is 17.8. The summed E-state index contributed by atoms with van der Waals surface area (Å²) in [5.74, 6) is -0.686. The van der Waals surface area contributed by atoms with Crippen LogP contribution in [0.25, 0.3) is 0 Å². The summed E-state index contributed by atoms with van der Waals surface area (Å²) in [7, 11) is 0. The number of amides is 1. The van der Waals surface area contributed by atoms with E-state index in [1.807, 2.05) is 5.38 Å². The van der Waals surface area contributed by atoms with Gasteiger partial charge in [0.2, 0.25) is 5.91 Å². The molecular formula is C24H22F5N5O2S. The van der Waals surface area contributed by atoms with Gasteiger partial charge in [0.25, 0.3) is 12.9 Å². The summed E-state index contributed by atoms with van der Waals surface area (Å²) in [5, 5.41) is 10.4. The van der Waals surface area contributed by atoms with Crippen LogP contribution < -0.4 is 0 Å². The van der Waals surface area contributed by atoms with Gasteiger partial charge in [-0.05, 0) is 36.6 Å². The van der Waals surface area contributed by atoms with E-state index in [2.05, 4.69) is 10.3 Å². The molecule has 37 heavy (non-hydrogen) atoms. The molecule has 1 aromatic carbocycles. The van der Waals surface area contributed by atoms with Crippen LogP contribution in [-0.4, -0.2) is 44.4 Å². The van der Waals surface area contributed by atoms with Crippen LogP contribution in [0.15, 0.2) is 40.9 Å². The zero-order chi connectivity index (χ0) is 26.1. The number of piperidine rings is 1. The Balaban J connectivity index is 1.16. The van der Waals surface area contributed by atoms with E-state index in [9.17, 15) is 26.7 Å². The normalized spacial score (nSPS) is 18.5. The van der Waals surface area contributed by atoms with Crippen molar-refractivity contribution < 1.29 is 31.6 Å². The molecule has 0 radical (unpaired) electrons. The van der Waals surface area contributed by atoms with Crippen molar-refractivity contribution in [3.05, 3.63) is 69.2 Å². The number of benzene rings is 1. The molecule has 196 valence electrons. The number of aromatic nitrogens is 3. The molecule has 7 nitrogen and oxygen atoms in total. The summed E-state index contributed by atoms with van der Waals surface area (Å²) in [4.78, 5) is 24.4. The van der Waals surface area contributed by atoms with Gasteiger partial charge in [-0.3, -0.25) is 9.48 Å². The van der Waals surface area contributed by atoms with Crippen molar-refractivity contribution >= 4 is 23.0 Å². The lowest BCUT2D eigenvalue weighted by Crippen LogP contribution is -2.40. The maximum atomic E-state index is 13.5. The molecule has 3 aromatic rings. The molecule has 1 saturated heterocycles. The number of nitrogens with zero attached hydrogens (tertiary/aromatic N) is 5. The molecule has 4 heterocycles. The molecule has 1 atom stereocenters. The molecule has 0 bridgehead atoms. The smallest absolute Gasteiger partial charge is 0.282 e. The number of carbonyl (C=O) groups is 1. The molecule has 5 rings (SSSR count). The fourth-order valence-corrected chi connectivity index (χ4v) is 5.49. The average Bonchev–Trinajstić information content (AvgIpc) is 3.63. The largest absolute Gasteiger partial charge is 0.387 e. The van der Waals surface area contributed by atoms with E-state index in [1.165, 1.54) is 28.4 Å². The average molecular weight is 540 g/mol. The number of alkyl halides is 4. The highest BCUT2D eigenvalue weighted by molar-refractivity contribution is 7.10. The quantitative estimate of drug-likeness (QED) is 0.365. The maximum Gasteiger partial charge on any atom is 0.282 e. The summed E-state index contributed by atoms with van der Waals surface area (Å²) in [6, 6.07) is 6.83. The summed E-state index contributed by atoms with van der Waals surface area (Å²) >= 11 is 1.49. The maximum absolute atomic E-state index is 13.5. The molecule has 2 aliphatic rings. The Morgan fingerprint density at radius 1 is 1.14 bits per heavy atom. The van der Waals surface area contributed by atoms with Gasteiger partial charge in [-0.2, -0.15) is 5.10 Å². The molecule has 0 aliphatic carbocycles. The molecule has 13 heteroatoms. The van der Waals surface area contributed by atoms with Crippen LogP contribution in [0, 0.1) is 5.82 Å². The first-order valence-corrected chi connectivity index (χ1v) is 12.5. The summed E-state index contributed by atoms with van der Waals surface area (Å²) < 4.78 is 66.4. The van der Waals surface area contributed by atoms with Gasteiger partial charge in [-0.15, -0.1) is 11.3 Å². The van der Waals surface area contributed by atoms with E-state index in [4.69, 9.17) is 9.82 Å². The van der Waals surface area contributed by atoms with Crippen molar-refractivity contribution in [2.24, 2.45) is 5.16 Å². The van der Waals surface area contributed by atoms with Crippen LogP contribution in [0.4, 0.5) is 22.0 Å². The van der Waals surface area contributed by atoms with Gasteiger partial charge in [0.05, 0.1) is 10.7 Å². The lowest BCUT2D eigenvalue weighted by molar-refractivity contribution is -0.133. The molecule has 1 unspecified atom stereocenters. The predicted molar refractivity (Wildman–Crippen MR) is 124 cm³/mol. The molecule has 1 fully saturated rings. The summed E-state index contributed by atoms with van der Waals surface area (Å²) in [6.07, 6.45) is -4.67. The van der Waals surface area contributed by atoms with E-state index >= 15 is 0 Å². The Hall–Kier alpha value is -3.35. The van der Waals surface area contributed by atoms with Crippen molar-refractivity contribution in [2.75, 3.05) is 13.1 Å². The first-order valence-electron chi connectivity index (χ1n) is 11.6. The number of likely N-dealkylation sites (tertiary alicyclic amines) is 1. The van der Waals surface area contributed by atoms with Crippen LogP contribution >= 0.6 is 11.3 Å². The van der Waals surface area contributed by atoms with E-state index in [1.54, 1.807) is 12.1 Å².